The normalized spacial score (nSPS) is 18.6. The van der Waals surface area contributed by atoms with Gasteiger partial charge in [-0.1, -0.05) is 12.2 Å². The molecule has 0 aliphatic carbocycles. The maximum Gasteiger partial charge on any atom is 0.123 e. The summed E-state index contributed by atoms with van der Waals surface area (Å²) in [7, 11) is 0. The van der Waals surface area contributed by atoms with Crippen molar-refractivity contribution in [2.45, 2.75) is 0 Å². The average molecular weight is 112 g/mol. The van der Waals surface area contributed by atoms with Gasteiger partial charge in [0.05, 0.1) is 6.54 Å². The lowest BCUT2D eigenvalue weighted by atomic mass is 10.4. The van der Waals surface area contributed by atoms with E-state index in [2.05, 4.69) is 0 Å². The molecule has 0 saturated carbocycles. The molecule has 0 fully saturated rings. The quantitative estimate of drug-likeness (QED) is 0.465. The van der Waals surface area contributed by atoms with Gasteiger partial charge in [0.2, 0.25) is 0 Å². The minimum absolute atomic E-state index is 0.396. The monoisotopic (exact) mass is 112 g/mol. The van der Waals surface area contributed by atoms with Crippen molar-refractivity contribution in [1.29, 1.82) is 0 Å². The SMILES string of the molecule is NC1=CC=CCN1O. The Bertz CT molecular complexity index is 139. The van der Waals surface area contributed by atoms with Crippen LogP contribution in [0.25, 0.3) is 0 Å². The van der Waals surface area contributed by atoms with Crippen LogP contribution < -0.4 is 5.73 Å². The molecule has 0 atom stereocenters. The highest BCUT2D eigenvalue weighted by molar-refractivity contribution is 5.12. The van der Waals surface area contributed by atoms with E-state index >= 15 is 0 Å². The second-order valence-electron chi connectivity index (χ2n) is 1.60. The zero-order valence-electron chi connectivity index (χ0n) is 4.41. The molecule has 0 unspecified atom stereocenters. The van der Waals surface area contributed by atoms with E-state index in [0.29, 0.717) is 12.4 Å². The highest BCUT2D eigenvalue weighted by atomic mass is 16.5. The first-order valence-electron chi connectivity index (χ1n) is 2.39. The third kappa shape index (κ3) is 0.816. The zero-order chi connectivity index (χ0) is 5.98. The second-order valence-corrected chi connectivity index (χ2v) is 1.60. The van der Waals surface area contributed by atoms with Gasteiger partial charge < -0.3 is 5.73 Å². The molecule has 0 saturated heterocycles. The molecule has 3 heteroatoms. The van der Waals surface area contributed by atoms with E-state index in [1.54, 1.807) is 6.08 Å². The van der Waals surface area contributed by atoms with E-state index in [-0.39, 0.29) is 0 Å². The standard InChI is InChI=1S/C5H8N2O/c6-5-3-1-2-4-7(5)8/h1-3,8H,4,6H2. The van der Waals surface area contributed by atoms with Crippen molar-refractivity contribution in [2.75, 3.05) is 6.54 Å². The van der Waals surface area contributed by atoms with Crippen molar-refractivity contribution < 1.29 is 5.21 Å². The number of hydroxylamine groups is 2. The molecule has 0 bridgehead atoms. The fourth-order valence-electron chi connectivity index (χ4n) is 0.519. The van der Waals surface area contributed by atoms with Crippen LogP contribution in [0.2, 0.25) is 0 Å². The van der Waals surface area contributed by atoms with Crippen LogP contribution >= 0.6 is 0 Å². The van der Waals surface area contributed by atoms with E-state index in [9.17, 15) is 0 Å². The summed E-state index contributed by atoms with van der Waals surface area (Å²) in [4.78, 5) is 0. The summed E-state index contributed by atoms with van der Waals surface area (Å²) in [6, 6.07) is 0. The lowest BCUT2D eigenvalue weighted by Crippen LogP contribution is -2.25. The molecular weight excluding hydrogens is 104 g/mol. The Balaban J connectivity index is 2.66. The van der Waals surface area contributed by atoms with Crippen LogP contribution in [0.15, 0.2) is 24.0 Å². The first-order valence-corrected chi connectivity index (χ1v) is 2.39. The molecule has 3 nitrogen and oxygen atoms in total. The molecule has 3 N–H and O–H groups in total. The van der Waals surface area contributed by atoms with Crippen LogP contribution in [0.4, 0.5) is 0 Å². The van der Waals surface area contributed by atoms with E-state index in [1.807, 2.05) is 12.2 Å². The first kappa shape index (κ1) is 5.18. The Labute approximate surface area is 47.7 Å². The summed E-state index contributed by atoms with van der Waals surface area (Å²) in [6.45, 7) is 0.488. The molecule has 8 heavy (non-hydrogen) atoms. The number of nitrogens with two attached hydrogens (primary N) is 1. The summed E-state index contributed by atoms with van der Waals surface area (Å²) in [5.74, 6) is 0.396. The molecule has 0 spiro atoms. The van der Waals surface area contributed by atoms with Crippen LogP contribution in [-0.4, -0.2) is 16.8 Å². The molecule has 0 aromatic rings. The predicted octanol–water partition coefficient (Wildman–Crippen LogP) is 0.0475. The summed E-state index contributed by atoms with van der Waals surface area (Å²) >= 11 is 0. The van der Waals surface area contributed by atoms with E-state index < -0.39 is 0 Å². The van der Waals surface area contributed by atoms with Gasteiger partial charge in [-0.05, 0) is 6.08 Å². The molecule has 0 amide bonds. The summed E-state index contributed by atoms with van der Waals surface area (Å²) in [5, 5.41) is 9.75. The van der Waals surface area contributed by atoms with Crippen LogP contribution in [-0.2, 0) is 0 Å². The number of rotatable bonds is 0. The number of nitrogens with zero attached hydrogens (tertiary/aromatic N) is 1. The van der Waals surface area contributed by atoms with Crippen molar-refractivity contribution in [3.63, 3.8) is 0 Å². The highest BCUT2D eigenvalue weighted by Gasteiger charge is 1.99. The molecule has 1 aliphatic heterocycles. The predicted molar refractivity (Wildman–Crippen MR) is 29.9 cm³/mol. The van der Waals surface area contributed by atoms with Crippen LogP contribution in [0.1, 0.15) is 0 Å². The van der Waals surface area contributed by atoms with Gasteiger partial charge in [0.1, 0.15) is 5.82 Å². The van der Waals surface area contributed by atoms with E-state index in [4.69, 9.17) is 10.9 Å². The van der Waals surface area contributed by atoms with Crippen molar-refractivity contribution in [3.8, 4) is 0 Å². The summed E-state index contributed by atoms with van der Waals surface area (Å²) in [5.41, 5.74) is 5.26. The topological polar surface area (TPSA) is 49.5 Å². The number of allylic oxidation sites excluding steroid dienone is 2. The van der Waals surface area contributed by atoms with E-state index in [1.165, 1.54) is 0 Å². The maximum atomic E-state index is 8.77. The van der Waals surface area contributed by atoms with Gasteiger partial charge in [-0.3, -0.25) is 5.21 Å². The van der Waals surface area contributed by atoms with Gasteiger partial charge in [0, 0.05) is 0 Å². The van der Waals surface area contributed by atoms with Gasteiger partial charge >= 0.3 is 0 Å². The second kappa shape index (κ2) is 1.88. The van der Waals surface area contributed by atoms with Gasteiger partial charge in [-0.25, -0.2) is 5.06 Å². The molecule has 0 aromatic heterocycles. The van der Waals surface area contributed by atoms with Gasteiger partial charge in [0.15, 0.2) is 0 Å². The zero-order valence-corrected chi connectivity index (χ0v) is 4.41. The fraction of sp³-hybridized carbons (Fsp3) is 0.200. The lowest BCUT2D eigenvalue weighted by molar-refractivity contribution is -0.0467. The Morgan fingerprint density at radius 1 is 1.75 bits per heavy atom. The number of hydrogen-bond donors (Lipinski definition) is 2. The fourth-order valence-corrected chi connectivity index (χ4v) is 0.519. The van der Waals surface area contributed by atoms with Crippen molar-refractivity contribution in [3.05, 3.63) is 24.0 Å². The summed E-state index contributed by atoms with van der Waals surface area (Å²) < 4.78 is 0. The minimum Gasteiger partial charge on any atom is -0.384 e. The van der Waals surface area contributed by atoms with Gasteiger partial charge in [-0.2, -0.15) is 0 Å². The smallest absolute Gasteiger partial charge is 0.123 e. The van der Waals surface area contributed by atoms with Crippen LogP contribution in [0, 0.1) is 0 Å². The highest BCUT2D eigenvalue weighted by Crippen LogP contribution is 1.98. The van der Waals surface area contributed by atoms with Crippen LogP contribution in [0.5, 0.6) is 0 Å². The van der Waals surface area contributed by atoms with Crippen molar-refractivity contribution in [1.82, 2.24) is 5.06 Å². The maximum absolute atomic E-state index is 8.77. The Morgan fingerprint density at radius 2 is 2.50 bits per heavy atom. The molecular formula is C5H8N2O. The third-order valence-corrected chi connectivity index (χ3v) is 0.979. The largest absolute Gasteiger partial charge is 0.384 e. The molecule has 1 rings (SSSR count). The van der Waals surface area contributed by atoms with Gasteiger partial charge in [-0.15, -0.1) is 0 Å². The molecule has 44 valence electrons. The summed E-state index contributed by atoms with van der Waals surface area (Å²) in [6.07, 6.45) is 5.27. The molecule has 1 heterocycles. The first-order chi connectivity index (χ1) is 3.80. The molecule has 0 radical (unpaired) electrons. The molecule has 1 aliphatic rings. The average Bonchev–Trinajstić information content (AvgIpc) is 1.77. The van der Waals surface area contributed by atoms with Crippen LogP contribution in [0.3, 0.4) is 0 Å². The molecule has 0 aromatic carbocycles. The Kier molecular flexibility index (Phi) is 1.22. The number of hydrogen-bond acceptors (Lipinski definition) is 3. The Morgan fingerprint density at radius 3 is 2.88 bits per heavy atom. The van der Waals surface area contributed by atoms with Crippen molar-refractivity contribution >= 4 is 0 Å². The van der Waals surface area contributed by atoms with E-state index in [0.717, 1.165) is 5.06 Å². The van der Waals surface area contributed by atoms with Crippen molar-refractivity contribution in [2.24, 2.45) is 5.73 Å². The van der Waals surface area contributed by atoms with Gasteiger partial charge in [0.25, 0.3) is 0 Å². The Hall–Kier alpha value is -0.960. The minimum atomic E-state index is 0.396. The lowest BCUT2D eigenvalue weighted by Gasteiger charge is -2.16. The third-order valence-electron chi connectivity index (χ3n) is 0.979.